The minimum Gasteiger partial charge on any atom is -0.489 e. The maximum atomic E-state index is 14.5. The topological polar surface area (TPSA) is 59.0 Å². The average Bonchev–Trinajstić information content (AvgIpc) is 3.59. The summed E-state index contributed by atoms with van der Waals surface area (Å²) in [6, 6.07) is 8.51. The first kappa shape index (κ1) is 24.8. The Labute approximate surface area is 198 Å². The van der Waals surface area contributed by atoms with Gasteiger partial charge in [0.15, 0.2) is 0 Å². The van der Waals surface area contributed by atoms with Crippen molar-refractivity contribution in [1.29, 1.82) is 0 Å². The molecule has 0 amide bonds. The van der Waals surface area contributed by atoms with Gasteiger partial charge in [-0.3, -0.25) is 4.90 Å². The predicted molar refractivity (Wildman–Crippen MR) is 123 cm³/mol. The molecule has 174 valence electrons. The van der Waals surface area contributed by atoms with Crippen LogP contribution in [0.1, 0.15) is 53.1 Å². The van der Waals surface area contributed by atoms with E-state index in [1.807, 2.05) is 12.1 Å². The largest absolute Gasteiger partial charge is 0.489 e. The molecule has 0 spiro atoms. The van der Waals surface area contributed by atoms with E-state index in [-0.39, 0.29) is 11.7 Å². The normalized spacial score (nSPS) is 18.5. The molecule has 8 heteroatoms. The van der Waals surface area contributed by atoms with Crippen molar-refractivity contribution in [2.75, 3.05) is 27.3 Å². The number of esters is 1. The third-order valence-corrected chi connectivity index (χ3v) is 6.04. The Balaban J connectivity index is 0.00000141. The quantitative estimate of drug-likeness (QED) is 0.553. The average molecular weight is 484 g/mol. The van der Waals surface area contributed by atoms with Gasteiger partial charge in [0.05, 0.1) is 12.7 Å². The van der Waals surface area contributed by atoms with Crippen molar-refractivity contribution in [3.8, 4) is 5.75 Å². The van der Waals surface area contributed by atoms with Gasteiger partial charge >= 0.3 is 5.97 Å². The van der Waals surface area contributed by atoms with E-state index in [2.05, 4.69) is 4.90 Å². The lowest BCUT2D eigenvalue weighted by molar-refractivity contribution is 0.0594. The number of hydrogen-bond donors (Lipinski definition) is 1. The zero-order chi connectivity index (χ0) is 23.3. The first-order valence-electron chi connectivity index (χ1n) is 10.6. The van der Waals surface area contributed by atoms with E-state index in [1.54, 1.807) is 12.1 Å². The number of hydrogen-bond acceptors (Lipinski definition) is 5. The molecule has 4 rings (SSSR count). The van der Waals surface area contributed by atoms with Crippen LogP contribution in [0.4, 0.5) is 4.39 Å². The molecule has 1 saturated heterocycles. The lowest BCUT2D eigenvalue weighted by Gasteiger charge is -2.33. The van der Waals surface area contributed by atoms with Crippen LogP contribution in [0.2, 0.25) is 10.0 Å². The van der Waals surface area contributed by atoms with Crippen molar-refractivity contribution in [2.24, 2.45) is 0 Å². The summed E-state index contributed by atoms with van der Waals surface area (Å²) in [7, 11) is 2.26. The van der Waals surface area contributed by atoms with Gasteiger partial charge in [-0.1, -0.05) is 23.2 Å². The van der Waals surface area contributed by atoms with Gasteiger partial charge in [0, 0.05) is 36.3 Å². The Hall–Kier alpha value is -1.86. The van der Waals surface area contributed by atoms with Crippen LogP contribution < -0.4 is 4.74 Å². The van der Waals surface area contributed by atoms with E-state index in [9.17, 15) is 9.18 Å². The van der Waals surface area contributed by atoms with E-state index in [0.717, 1.165) is 63.6 Å². The number of ether oxygens (including phenoxy) is 2. The van der Waals surface area contributed by atoms with Crippen LogP contribution in [0.5, 0.6) is 5.75 Å². The summed E-state index contributed by atoms with van der Waals surface area (Å²) in [5, 5.41) is 8.25. The lowest BCUT2D eigenvalue weighted by atomic mass is 10.0. The molecule has 1 aliphatic heterocycles. The number of halogens is 3. The number of aliphatic hydroxyl groups excluding tert-OH is 1. The number of rotatable bonds is 6. The Bertz CT molecular complexity index is 932. The van der Waals surface area contributed by atoms with Crippen LogP contribution in [0.3, 0.4) is 0 Å². The monoisotopic (exact) mass is 483 g/mol. The SMILES string of the molecule is CO.COC(=O)c1cc(C2CC2)c(OC2CCCN(Cc3cc(Cl)cc(Cl)c3)C2)cc1F. The second-order valence-corrected chi connectivity index (χ2v) is 8.90. The molecule has 2 aromatic carbocycles. The summed E-state index contributed by atoms with van der Waals surface area (Å²) in [5.74, 6) is -0.412. The van der Waals surface area contributed by atoms with Gasteiger partial charge in [0.1, 0.15) is 17.7 Å². The Morgan fingerprint density at radius 3 is 2.44 bits per heavy atom. The van der Waals surface area contributed by atoms with Crippen molar-refractivity contribution in [1.82, 2.24) is 4.90 Å². The van der Waals surface area contributed by atoms with Crippen LogP contribution in [-0.2, 0) is 11.3 Å². The van der Waals surface area contributed by atoms with Gasteiger partial charge in [0.25, 0.3) is 0 Å². The highest BCUT2D eigenvalue weighted by Gasteiger charge is 2.31. The molecule has 2 aliphatic rings. The summed E-state index contributed by atoms with van der Waals surface area (Å²) in [6.45, 7) is 2.41. The fourth-order valence-electron chi connectivity index (χ4n) is 4.05. The summed E-state index contributed by atoms with van der Waals surface area (Å²) >= 11 is 12.2. The molecular weight excluding hydrogens is 456 g/mol. The van der Waals surface area contributed by atoms with Crippen molar-refractivity contribution in [3.05, 3.63) is 62.9 Å². The van der Waals surface area contributed by atoms with Gasteiger partial charge in [-0.2, -0.15) is 0 Å². The van der Waals surface area contributed by atoms with E-state index in [0.29, 0.717) is 21.7 Å². The molecule has 2 aromatic rings. The third-order valence-electron chi connectivity index (χ3n) is 5.61. The fourth-order valence-corrected chi connectivity index (χ4v) is 4.62. The minimum atomic E-state index is -0.662. The molecule has 1 saturated carbocycles. The standard InChI is InChI=1S/C23H24Cl2FNO3.CH4O/c1-29-23(28)20-10-19(15-4-5-15)22(11-21(20)26)30-18-3-2-6-27(13-18)12-14-7-16(24)9-17(25)8-14;1-2/h7-11,15,18H,2-6,12-13H2,1H3;2H,1H3. The van der Waals surface area contributed by atoms with Crippen molar-refractivity contribution >= 4 is 29.2 Å². The Kier molecular flexibility index (Phi) is 8.77. The van der Waals surface area contributed by atoms with Crippen LogP contribution in [0, 0.1) is 5.82 Å². The first-order chi connectivity index (χ1) is 15.4. The molecular formula is C24H28Cl2FNO4. The van der Waals surface area contributed by atoms with E-state index >= 15 is 0 Å². The van der Waals surface area contributed by atoms with E-state index < -0.39 is 11.8 Å². The number of carbonyl (C=O) groups is 1. The smallest absolute Gasteiger partial charge is 0.340 e. The predicted octanol–water partition coefficient (Wildman–Crippen LogP) is 5.45. The van der Waals surface area contributed by atoms with E-state index in [1.165, 1.54) is 13.2 Å². The Morgan fingerprint density at radius 2 is 1.81 bits per heavy atom. The lowest BCUT2D eigenvalue weighted by Crippen LogP contribution is -2.40. The maximum absolute atomic E-state index is 14.5. The second kappa shape index (κ2) is 11.3. The van der Waals surface area contributed by atoms with Gasteiger partial charge < -0.3 is 14.6 Å². The first-order valence-corrected chi connectivity index (χ1v) is 11.4. The summed E-state index contributed by atoms with van der Waals surface area (Å²) in [6.07, 6.45) is 3.89. The summed E-state index contributed by atoms with van der Waals surface area (Å²) in [4.78, 5) is 14.2. The van der Waals surface area contributed by atoms with Gasteiger partial charge in [0.2, 0.25) is 0 Å². The van der Waals surface area contributed by atoms with Gasteiger partial charge in [-0.15, -0.1) is 0 Å². The van der Waals surface area contributed by atoms with Gasteiger partial charge in [-0.25, -0.2) is 9.18 Å². The highest BCUT2D eigenvalue weighted by Crippen LogP contribution is 2.45. The molecule has 1 unspecified atom stereocenters. The number of benzene rings is 2. The number of nitrogens with zero attached hydrogens (tertiary/aromatic N) is 1. The maximum Gasteiger partial charge on any atom is 0.340 e. The van der Waals surface area contributed by atoms with Crippen molar-refractivity contribution < 1.29 is 23.8 Å². The third kappa shape index (κ3) is 6.35. The molecule has 0 radical (unpaired) electrons. The van der Waals surface area contributed by atoms with Crippen molar-refractivity contribution in [3.63, 3.8) is 0 Å². The highest BCUT2D eigenvalue weighted by molar-refractivity contribution is 6.34. The number of carbonyl (C=O) groups excluding carboxylic acids is 1. The summed E-state index contributed by atoms with van der Waals surface area (Å²) in [5.41, 5.74) is 1.92. The zero-order valence-electron chi connectivity index (χ0n) is 18.2. The van der Waals surface area contributed by atoms with Crippen LogP contribution in [-0.4, -0.2) is 49.4 Å². The van der Waals surface area contributed by atoms with Crippen LogP contribution in [0.15, 0.2) is 30.3 Å². The molecule has 0 aromatic heterocycles. The molecule has 1 atom stereocenters. The van der Waals surface area contributed by atoms with Crippen LogP contribution >= 0.6 is 23.2 Å². The summed E-state index contributed by atoms with van der Waals surface area (Å²) < 4.78 is 25.5. The molecule has 1 N–H and O–H groups in total. The molecule has 32 heavy (non-hydrogen) atoms. The molecule has 5 nitrogen and oxygen atoms in total. The number of piperidine rings is 1. The van der Waals surface area contributed by atoms with Gasteiger partial charge in [-0.05, 0) is 73.5 Å². The zero-order valence-corrected chi connectivity index (χ0v) is 19.8. The molecule has 1 heterocycles. The highest BCUT2D eigenvalue weighted by atomic mass is 35.5. The fraction of sp³-hybridized carbons (Fsp3) is 0.458. The number of aliphatic hydroxyl groups is 1. The molecule has 0 bridgehead atoms. The van der Waals surface area contributed by atoms with Crippen LogP contribution in [0.25, 0.3) is 0 Å². The molecule has 1 aliphatic carbocycles. The van der Waals surface area contributed by atoms with Crippen molar-refractivity contribution in [2.45, 2.75) is 44.2 Å². The van der Waals surface area contributed by atoms with E-state index in [4.69, 9.17) is 37.8 Å². The number of methoxy groups -OCH3 is 1. The minimum absolute atomic E-state index is 0.0325. The second-order valence-electron chi connectivity index (χ2n) is 8.03. The Morgan fingerprint density at radius 1 is 1.12 bits per heavy atom. The number of likely N-dealkylation sites (tertiary alicyclic amines) is 1. The molecule has 2 fully saturated rings.